The number of halogens is 4. The van der Waals surface area contributed by atoms with Crippen LogP contribution in [0.4, 0.5) is 23.2 Å². The maximum Gasteiger partial charge on any atom is 0.422 e. The number of hydrogen-bond acceptors (Lipinski definition) is 4. The smallest absolute Gasteiger partial charge is 0.422 e. The number of methoxy groups -OCH3 is 1. The average molecular weight is 396 g/mol. The molecule has 2 aromatic rings. The molecule has 0 heterocycles. The first-order chi connectivity index (χ1) is 13.2. The van der Waals surface area contributed by atoms with Crippen molar-refractivity contribution in [2.45, 2.75) is 19.0 Å². The van der Waals surface area contributed by atoms with Crippen LogP contribution < -0.4 is 14.8 Å². The van der Waals surface area contributed by atoms with Crippen molar-refractivity contribution in [1.29, 1.82) is 5.26 Å². The molecule has 0 fully saturated rings. The van der Waals surface area contributed by atoms with Gasteiger partial charge in [-0.05, 0) is 42.3 Å². The van der Waals surface area contributed by atoms with E-state index in [0.717, 1.165) is 6.07 Å². The second-order valence-electron chi connectivity index (χ2n) is 5.74. The predicted octanol–water partition coefficient (Wildman–Crippen LogP) is 4.22. The third-order valence-corrected chi connectivity index (χ3v) is 3.63. The monoisotopic (exact) mass is 396 g/mol. The fraction of sp³-hybridized carbons (Fsp3) is 0.263. The van der Waals surface area contributed by atoms with E-state index < -0.39 is 18.6 Å². The van der Waals surface area contributed by atoms with E-state index in [1.165, 1.54) is 37.4 Å². The second-order valence-corrected chi connectivity index (χ2v) is 5.74. The zero-order chi connectivity index (χ0) is 20.7. The molecule has 0 aliphatic heterocycles. The minimum Gasteiger partial charge on any atom is -0.493 e. The third kappa shape index (κ3) is 6.16. The SMILES string of the molecule is COc1cc(CCC(=O)Nc2ccc(F)c(C#N)c2)ccc1OCC(F)(F)F. The number of hydrogen-bond donors (Lipinski definition) is 1. The van der Waals surface area contributed by atoms with E-state index >= 15 is 0 Å². The lowest BCUT2D eigenvalue weighted by molar-refractivity contribution is -0.153. The van der Waals surface area contributed by atoms with Crippen molar-refractivity contribution in [3.8, 4) is 17.6 Å². The van der Waals surface area contributed by atoms with Gasteiger partial charge in [-0.25, -0.2) is 4.39 Å². The van der Waals surface area contributed by atoms with Crippen LogP contribution in [0.5, 0.6) is 11.5 Å². The molecule has 0 aliphatic carbocycles. The van der Waals surface area contributed by atoms with Gasteiger partial charge >= 0.3 is 6.18 Å². The van der Waals surface area contributed by atoms with Gasteiger partial charge in [0, 0.05) is 12.1 Å². The number of carbonyl (C=O) groups is 1. The Balaban J connectivity index is 1.96. The highest BCUT2D eigenvalue weighted by Gasteiger charge is 2.29. The molecule has 148 valence electrons. The van der Waals surface area contributed by atoms with Gasteiger partial charge in [0.1, 0.15) is 11.9 Å². The zero-order valence-corrected chi connectivity index (χ0v) is 14.8. The zero-order valence-electron chi connectivity index (χ0n) is 14.8. The number of nitrogens with zero attached hydrogens (tertiary/aromatic N) is 1. The van der Waals surface area contributed by atoms with Crippen molar-refractivity contribution < 1.29 is 31.8 Å². The summed E-state index contributed by atoms with van der Waals surface area (Å²) in [6, 6.07) is 9.70. The number of nitriles is 1. The standard InChI is InChI=1S/C19H16F4N2O3/c1-27-17-8-12(2-6-16(17)28-11-19(21,22)23)3-7-18(26)25-14-4-5-15(20)13(9-14)10-24/h2,4-6,8-9H,3,7,11H2,1H3,(H,25,26). The Morgan fingerprint density at radius 2 is 1.93 bits per heavy atom. The van der Waals surface area contributed by atoms with Gasteiger partial charge in [-0.15, -0.1) is 0 Å². The summed E-state index contributed by atoms with van der Waals surface area (Å²) in [7, 11) is 1.30. The topological polar surface area (TPSA) is 71.3 Å². The number of alkyl halides is 3. The molecule has 0 unspecified atom stereocenters. The maximum absolute atomic E-state index is 13.3. The highest BCUT2D eigenvalue weighted by atomic mass is 19.4. The van der Waals surface area contributed by atoms with Gasteiger partial charge in [-0.1, -0.05) is 6.07 Å². The van der Waals surface area contributed by atoms with Crippen molar-refractivity contribution in [1.82, 2.24) is 0 Å². The molecule has 1 amide bonds. The van der Waals surface area contributed by atoms with E-state index in [2.05, 4.69) is 5.32 Å². The Labute approximate surface area is 158 Å². The molecule has 5 nitrogen and oxygen atoms in total. The molecular formula is C19H16F4N2O3. The van der Waals surface area contributed by atoms with Gasteiger partial charge in [0.15, 0.2) is 18.1 Å². The molecule has 1 N–H and O–H groups in total. The number of benzene rings is 2. The van der Waals surface area contributed by atoms with Crippen molar-refractivity contribution >= 4 is 11.6 Å². The molecule has 28 heavy (non-hydrogen) atoms. The van der Waals surface area contributed by atoms with Crippen LogP contribution in [-0.4, -0.2) is 25.8 Å². The first-order valence-corrected chi connectivity index (χ1v) is 8.08. The highest BCUT2D eigenvalue weighted by molar-refractivity contribution is 5.91. The molecule has 0 atom stereocenters. The molecule has 0 radical (unpaired) electrons. The Bertz CT molecular complexity index is 892. The van der Waals surface area contributed by atoms with Crippen LogP contribution in [0.15, 0.2) is 36.4 Å². The Morgan fingerprint density at radius 1 is 1.18 bits per heavy atom. The van der Waals surface area contributed by atoms with E-state index in [4.69, 9.17) is 14.7 Å². The number of ether oxygens (including phenoxy) is 2. The molecular weight excluding hydrogens is 380 g/mol. The van der Waals surface area contributed by atoms with Crippen LogP contribution in [0.1, 0.15) is 17.5 Å². The molecule has 0 aliphatic rings. The van der Waals surface area contributed by atoms with Crippen LogP contribution >= 0.6 is 0 Å². The number of aryl methyl sites for hydroxylation is 1. The van der Waals surface area contributed by atoms with Crippen LogP contribution in [0, 0.1) is 17.1 Å². The van der Waals surface area contributed by atoms with E-state index in [1.54, 1.807) is 6.07 Å². The van der Waals surface area contributed by atoms with Crippen LogP contribution in [-0.2, 0) is 11.2 Å². The van der Waals surface area contributed by atoms with E-state index in [-0.39, 0.29) is 41.5 Å². The van der Waals surface area contributed by atoms with Crippen molar-refractivity contribution in [2.75, 3.05) is 19.0 Å². The fourth-order valence-corrected chi connectivity index (χ4v) is 2.32. The van der Waals surface area contributed by atoms with Gasteiger partial charge in [0.05, 0.1) is 12.7 Å². The molecule has 2 rings (SSSR count). The molecule has 0 spiro atoms. The third-order valence-electron chi connectivity index (χ3n) is 3.63. The molecule has 2 aromatic carbocycles. The quantitative estimate of drug-likeness (QED) is 0.712. The molecule has 9 heteroatoms. The van der Waals surface area contributed by atoms with Gasteiger partial charge < -0.3 is 14.8 Å². The molecule has 0 saturated carbocycles. The summed E-state index contributed by atoms with van der Waals surface area (Å²) < 4.78 is 59.8. The van der Waals surface area contributed by atoms with Gasteiger partial charge in [-0.3, -0.25) is 4.79 Å². The summed E-state index contributed by atoms with van der Waals surface area (Å²) in [5, 5.41) is 11.3. The largest absolute Gasteiger partial charge is 0.493 e. The molecule has 0 aromatic heterocycles. The average Bonchev–Trinajstić information content (AvgIpc) is 2.65. The Morgan fingerprint density at radius 3 is 2.57 bits per heavy atom. The summed E-state index contributed by atoms with van der Waals surface area (Å²) in [5.41, 5.74) is 0.761. The first-order valence-electron chi connectivity index (χ1n) is 8.08. The molecule has 0 bridgehead atoms. The van der Waals surface area contributed by atoms with Crippen molar-refractivity contribution in [3.05, 3.63) is 53.3 Å². The van der Waals surface area contributed by atoms with E-state index in [1.807, 2.05) is 0 Å². The van der Waals surface area contributed by atoms with Crippen LogP contribution in [0.3, 0.4) is 0 Å². The fourth-order valence-electron chi connectivity index (χ4n) is 2.32. The van der Waals surface area contributed by atoms with Gasteiger partial charge in [0.2, 0.25) is 5.91 Å². The predicted molar refractivity (Wildman–Crippen MR) is 92.6 cm³/mol. The number of amides is 1. The maximum atomic E-state index is 13.3. The lowest BCUT2D eigenvalue weighted by atomic mass is 10.1. The van der Waals surface area contributed by atoms with Gasteiger partial charge in [-0.2, -0.15) is 18.4 Å². The normalized spacial score (nSPS) is 10.9. The lowest BCUT2D eigenvalue weighted by Gasteiger charge is -2.13. The Kier molecular flexibility index (Phi) is 6.82. The van der Waals surface area contributed by atoms with Gasteiger partial charge in [0.25, 0.3) is 0 Å². The van der Waals surface area contributed by atoms with Crippen LogP contribution in [0.25, 0.3) is 0 Å². The Hall–Kier alpha value is -3.28. The number of anilines is 1. The van der Waals surface area contributed by atoms with E-state index in [9.17, 15) is 22.4 Å². The van der Waals surface area contributed by atoms with E-state index in [0.29, 0.717) is 5.56 Å². The highest BCUT2D eigenvalue weighted by Crippen LogP contribution is 2.30. The summed E-state index contributed by atoms with van der Waals surface area (Å²) in [6.45, 7) is -1.44. The lowest BCUT2D eigenvalue weighted by Crippen LogP contribution is -2.19. The minimum atomic E-state index is -4.46. The molecule has 0 saturated heterocycles. The first kappa shape index (κ1) is 21.0. The minimum absolute atomic E-state index is 0.0524. The summed E-state index contributed by atoms with van der Waals surface area (Å²) in [6.07, 6.45) is -4.12. The summed E-state index contributed by atoms with van der Waals surface area (Å²) in [5.74, 6) is -0.977. The summed E-state index contributed by atoms with van der Waals surface area (Å²) in [4.78, 5) is 12.0. The number of nitrogens with one attached hydrogen (secondary N) is 1. The van der Waals surface area contributed by atoms with Crippen LogP contribution in [0.2, 0.25) is 0 Å². The number of carbonyl (C=O) groups excluding carboxylic acids is 1. The number of rotatable bonds is 7. The summed E-state index contributed by atoms with van der Waals surface area (Å²) >= 11 is 0. The van der Waals surface area contributed by atoms with Crippen molar-refractivity contribution in [2.24, 2.45) is 0 Å². The van der Waals surface area contributed by atoms with Crippen molar-refractivity contribution in [3.63, 3.8) is 0 Å². The second kappa shape index (κ2) is 9.08.